The Bertz CT molecular complexity index is 127. The third-order valence-corrected chi connectivity index (χ3v) is 1.64. The summed E-state index contributed by atoms with van der Waals surface area (Å²) < 4.78 is 12.6. The monoisotopic (exact) mass is 161 g/mol. The molecule has 0 saturated carbocycles. The zero-order chi connectivity index (χ0) is 8.85. The molecule has 0 aromatic heterocycles. The summed E-state index contributed by atoms with van der Waals surface area (Å²) in [5, 5.41) is 2.57. The number of rotatable bonds is 4. The molecule has 1 N–H and O–H groups in total. The minimum absolute atomic E-state index is 0.0762. The Hall–Kier alpha value is -0.600. The van der Waals surface area contributed by atoms with E-state index in [1.54, 1.807) is 6.92 Å². The fourth-order valence-electron chi connectivity index (χ4n) is 0.621. The average Bonchev–Trinajstić information content (AvgIpc) is 2.02. The van der Waals surface area contributed by atoms with Gasteiger partial charge in [0.15, 0.2) is 6.17 Å². The average molecular weight is 161 g/mol. The quantitative estimate of drug-likeness (QED) is 0.667. The van der Waals surface area contributed by atoms with Crippen LogP contribution in [0.15, 0.2) is 0 Å². The number of amides is 1. The van der Waals surface area contributed by atoms with Crippen LogP contribution in [0.2, 0.25) is 0 Å². The molecule has 66 valence electrons. The van der Waals surface area contributed by atoms with Crippen LogP contribution in [0, 0.1) is 0 Å². The van der Waals surface area contributed by atoms with Crippen molar-refractivity contribution in [2.24, 2.45) is 0 Å². The van der Waals surface area contributed by atoms with Crippen molar-refractivity contribution in [2.75, 3.05) is 0 Å². The summed E-state index contributed by atoms with van der Waals surface area (Å²) in [7, 11) is 0. The second kappa shape index (κ2) is 5.10. The van der Waals surface area contributed by atoms with Crippen molar-refractivity contribution in [3.63, 3.8) is 0 Å². The summed E-state index contributed by atoms with van der Waals surface area (Å²) in [6.07, 6.45) is -0.256. The van der Waals surface area contributed by atoms with Gasteiger partial charge in [-0.25, -0.2) is 4.39 Å². The van der Waals surface area contributed by atoms with Gasteiger partial charge in [-0.3, -0.25) is 4.79 Å². The van der Waals surface area contributed by atoms with Gasteiger partial charge in [-0.1, -0.05) is 13.8 Å². The van der Waals surface area contributed by atoms with E-state index in [-0.39, 0.29) is 12.5 Å². The Labute approximate surface area is 67.2 Å². The molecule has 0 fully saturated rings. The second-order valence-electron chi connectivity index (χ2n) is 2.69. The molecular formula is C8H16FNO. The number of hydrogen-bond acceptors (Lipinski definition) is 1. The highest BCUT2D eigenvalue weighted by Gasteiger charge is 2.15. The topological polar surface area (TPSA) is 29.1 Å². The number of carbonyl (C=O) groups is 1. The molecule has 0 aliphatic rings. The SMILES string of the molecule is CCC(C)NC(=O)C(F)CC. The Kier molecular flexibility index (Phi) is 4.83. The van der Waals surface area contributed by atoms with E-state index in [0.717, 1.165) is 6.42 Å². The summed E-state index contributed by atoms with van der Waals surface area (Å²) in [6.45, 7) is 5.46. The Balaban J connectivity index is 3.68. The van der Waals surface area contributed by atoms with Crippen molar-refractivity contribution in [3.8, 4) is 0 Å². The van der Waals surface area contributed by atoms with E-state index in [1.165, 1.54) is 0 Å². The van der Waals surface area contributed by atoms with Crippen LogP contribution in [0.4, 0.5) is 4.39 Å². The molecule has 0 aliphatic heterocycles. The first-order valence-corrected chi connectivity index (χ1v) is 4.06. The van der Waals surface area contributed by atoms with Crippen LogP contribution in [0.1, 0.15) is 33.6 Å². The molecule has 2 unspecified atom stereocenters. The third kappa shape index (κ3) is 3.96. The minimum atomic E-state index is -1.34. The second-order valence-corrected chi connectivity index (χ2v) is 2.69. The molecule has 0 aromatic rings. The van der Waals surface area contributed by atoms with Crippen LogP contribution in [0.5, 0.6) is 0 Å². The lowest BCUT2D eigenvalue weighted by molar-refractivity contribution is -0.126. The van der Waals surface area contributed by atoms with Gasteiger partial charge >= 0.3 is 0 Å². The standard InChI is InChI=1S/C8H16FNO/c1-4-6(3)10-8(11)7(9)5-2/h6-7H,4-5H2,1-3H3,(H,10,11). The summed E-state index contributed by atoms with van der Waals surface area (Å²) in [5.74, 6) is -0.484. The van der Waals surface area contributed by atoms with Crippen LogP contribution in [0.3, 0.4) is 0 Å². The van der Waals surface area contributed by atoms with Gasteiger partial charge in [0.2, 0.25) is 0 Å². The number of nitrogens with one attached hydrogen (secondary N) is 1. The molecule has 0 aromatic carbocycles. The van der Waals surface area contributed by atoms with E-state index in [9.17, 15) is 9.18 Å². The molecule has 0 bridgehead atoms. The number of hydrogen-bond donors (Lipinski definition) is 1. The molecule has 0 rings (SSSR count). The highest BCUT2D eigenvalue weighted by atomic mass is 19.1. The molecule has 0 aliphatic carbocycles. The van der Waals surface area contributed by atoms with Gasteiger partial charge < -0.3 is 5.32 Å². The zero-order valence-electron chi connectivity index (χ0n) is 7.36. The zero-order valence-corrected chi connectivity index (χ0v) is 7.36. The van der Waals surface area contributed by atoms with Crippen LogP contribution < -0.4 is 5.32 Å². The molecule has 0 spiro atoms. The van der Waals surface area contributed by atoms with Crippen molar-refractivity contribution < 1.29 is 9.18 Å². The van der Waals surface area contributed by atoms with Crippen LogP contribution in [0.25, 0.3) is 0 Å². The molecule has 0 saturated heterocycles. The normalized spacial score (nSPS) is 15.6. The van der Waals surface area contributed by atoms with Crippen LogP contribution in [-0.2, 0) is 4.79 Å². The van der Waals surface area contributed by atoms with Gasteiger partial charge in [0.1, 0.15) is 0 Å². The largest absolute Gasteiger partial charge is 0.351 e. The van der Waals surface area contributed by atoms with E-state index in [0.29, 0.717) is 0 Å². The van der Waals surface area contributed by atoms with Gasteiger partial charge in [-0.15, -0.1) is 0 Å². The van der Waals surface area contributed by atoms with E-state index in [4.69, 9.17) is 0 Å². The van der Waals surface area contributed by atoms with Crippen LogP contribution in [-0.4, -0.2) is 18.1 Å². The summed E-state index contributed by atoms with van der Waals surface area (Å²) in [5.41, 5.74) is 0. The lowest BCUT2D eigenvalue weighted by Crippen LogP contribution is -2.37. The van der Waals surface area contributed by atoms with Crippen LogP contribution >= 0.6 is 0 Å². The van der Waals surface area contributed by atoms with Crippen molar-refractivity contribution in [2.45, 2.75) is 45.8 Å². The molecule has 0 heterocycles. The van der Waals surface area contributed by atoms with E-state index in [1.807, 2.05) is 13.8 Å². The lowest BCUT2D eigenvalue weighted by atomic mass is 10.2. The predicted molar refractivity (Wildman–Crippen MR) is 43.1 cm³/mol. The molecular weight excluding hydrogens is 145 g/mol. The van der Waals surface area contributed by atoms with Gasteiger partial charge in [0.05, 0.1) is 0 Å². The van der Waals surface area contributed by atoms with E-state index < -0.39 is 12.1 Å². The number of halogens is 1. The third-order valence-electron chi connectivity index (χ3n) is 1.64. The van der Waals surface area contributed by atoms with Crippen molar-refractivity contribution in [3.05, 3.63) is 0 Å². The van der Waals surface area contributed by atoms with E-state index >= 15 is 0 Å². The van der Waals surface area contributed by atoms with Crippen molar-refractivity contribution in [1.82, 2.24) is 5.32 Å². The maximum Gasteiger partial charge on any atom is 0.254 e. The summed E-state index contributed by atoms with van der Waals surface area (Å²) >= 11 is 0. The Morgan fingerprint density at radius 2 is 2.00 bits per heavy atom. The van der Waals surface area contributed by atoms with Gasteiger partial charge in [0.25, 0.3) is 5.91 Å². The first kappa shape index (κ1) is 10.4. The lowest BCUT2D eigenvalue weighted by Gasteiger charge is -2.12. The molecule has 11 heavy (non-hydrogen) atoms. The van der Waals surface area contributed by atoms with E-state index in [2.05, 4.69) is 5.32 Å². The molecule has 2 nitrogen and oxygen atoms in total. The first-order valence-electron chi connectivity index (χ1n) is 4.06. The molecule has 0 radical (unpaired) electrons. The van der Waals surface area contributed by atoms with Crippen molar-refractivity contribution >= 4 is 5.91 Å². The fourth-order valence-corrected chi connectivity index (χ4v) is 0.621. The summed E-state index contributed by atoms with van der Waals surface area (Å²) in [4.78, 5) is 10.9. The molecule has 2 atom stereocenters. The Morgan fingerprint density at radius 3 is 2.36 bits per heavy atom. The number of carbonyl (C=O) groups excluding carboxylic acids is 1. The maximum absolute atomic E-state index is 12.6. The summed E-state index contributed by atoms with van der Waals surface area (Å²) in [6, 6.07) is 0.0762. The smallest absolute Gasteiger partial charge is 0.254 e. The predicted octanol–water partition coefficient (Wildman–Crippen LogP) is 1.65. The Morgan fingerprint density at radius 1 is 1.45 bits per heavy atom. The van der Waals surface area contributed by atoms with Gasteiger partial charge in [-0.05, 0) is 19.8 Å². The maximum atomic E-state index is 12.6. The fraction of sp³-hybridized carbons (Fsp3) is 0.875. The highest BCUT2D eigenvalue weighted by molar-refractivity contribution is 5.80. The first-order chi connectivity index (χ1) is 5.11. The van der Waals surface area contributed by atoms with Gasteiger partial charge in [0, 0.05) is 6.04 Å². The highest BCUT2D eigenvalue weighted by Crippen LogP contribution is 1.98. The van der Waals surface area contributed by atoms with Crippen molar-refractivity contribution in [1.29, 1.82) is 0 Å². The number of alkyl halides is 1. The van der Waals surface area contributed by atoms with Gasteiger partial charge in [-0.2, -0.15) is 0 Å². The minimum Gasteiger partial charge on any atom is -0.351 e. The molecule has 1 amide bonds. The molecule has 3 heteroatoms.